The third-order valence-corrected chi connectivity index (χ3v) is 4.29. The van der Waals surface area contributed by atoms with Crippen LogP contribution >= 0.6 is 0 Å². The number of ether oxygens (including phenoxy) is 3. The maximum atomic E-state index is 12.2. The van der Waals surface area contributed by atoms with Crippen LogP contribution in [0.2, 0.25) is 0 Å². The van der Waals surface area contributed by atoms with Crippen molar-refractivity contribution >= 4 is 18.0 Å². The van der Waals surface area contributed by atoms with Gasteiger partial charge in [-0.1, -0.05) is 12.1 Å². The number of methoxy groups -OCH3 is 2. The summed E-state index contributed by atoms with van der Waals surface area (Å²) in [4.78, 5) is 25.8. The van der Waals surface area contributed by atoms with Crippen LogP contribution in [0.5, 0.6) is 11.5 Å². The number of rotatable bonds is 6. The molecule has 0 radical (unpaired) electrons. The van der Waals surface area contributed by atoms with Crippen molar-refractivity contribution in [3.63, 3.8) is 0 Å². The Hall–Kier alpha value is -2.50. The van der Waals surface area contributed by atoms with Gasteiger partial charge in [-0.15, -0.1) is 0 Å². The van der Waals surface area contributed by atoms with Gasteiger partial charge in [0, 0.05) is 24.2 Å². The normalized spacial score (nSPS) is 17.4. The Balaban J connectivity index is 1.92. The Morgan fingerprint density at radius 2 is 2.04 bits per heavy atom. The average molecular weight is 347 g/mol. The molecule has 1 aromatic carbocycles. The third kappa shape index (κ3) is 4.98. The van der Waals surface area contributed by atoms with Gasteiger partial charge in [-0.2, -0.15) is 0 Å². The lowest BCUT2D eigenvalue weighted by Crippen LogP contribution is -2.44. The minimum absolute atomic E-state index is 0.145. The minimum Gasteiger partial charge on any atom is -0.493 e. The summed E-state index contributed by atoms with van der Waals surface area (Å²) in [5.41, 5.74) is 0.690. The number of hydrogen-bond donors (Lipinski definition) is 0. The van der Waals surface area contributed by atoms with E-state index in [1.54, 1.807) is 36.3 Å². The van der Waals surface area contributed by atoms with Gasteiger partial charge in [-0.25, -0.2) is 4.79 Å². The van der Waals surface area contributed by atoms with Gasteiger partial charge in [0.2, 0.25) is 0 Å². The fourth-order valence-corrected chi connectivity index (χ4v) is 2.93. The number of nitrogens with zero attached hydrogens (tertiary/aromatic N) is 1. The molecule has 1 aliphatic heterocycles. The predicted octanol–water partition coefficient (Wildman–Crippen LogP) is 2.66. The van der Waals surface area contributed by atoms with Gasteiger partial charge in [0.05, 0.1) is 14.2 Å². The number of likely N-dealkylation sites (tertiary alicyclic amines) is 1. The van der Waals surface area contributed by atoms with Crippen molar-refractivity contribution in [2.45, 2.75) is 32.2 Å². The van der Waals surface area contributed by atoms with Gasteiger partial charge >= 0.3 is 5.97 Å². The smallest absolute Gasteiger partial charge is 0.331 e. The molecule has 25 heavy (non-hydrogen) atoms. The maximum Gasteiger partial charge on any atom is 0.331 e. The Kier molecular flexibility index (Phi) is 6.86. The van der Waals surface area contributed by atoms with Crippen LogP contribution in [0.15, 0.2) is 24.3 Å². The van der Waals surface area contributed by atoms with E-state index in [9.17, 15) is 9.59 Å². The predicted molar refractivity (Wildman–Crippen MR) is 94.6 cm³/mol. The molecule has 1 amide bonds. The highest BCUT2D eigenvalue weighted by Gasteiger charge is 2.23. The Morgan fingerprint density at radius 3 is 2.72 bits per heavy atom. The molecule has 1 atom stereocenters. The molecule has 6 heteroatoms. The molecule has 1 aromatic rings. The summed E-state index contributed by atoms with van der Waals surface area (Å²) in [6, 6.07) is 5.57. The van der Waals surface area contributed by atoms with E-state index in [-0.39, 0.29) is 18.6 Å². The van der Waals surface area contributed by atoms with Crippen LogP contribution in [0.3, 0.4) is 0 Å². The van der Waals surface area contributed by atoms with Crippen molar-refractivity contribution in [1.29, 1.82) is 0 Å². The zero-order chi connectivity index (χ0) is 18.2. The maximum absolute atomic E-state index is 12.2. The first kappa shape index (κ1) is 18.8. The van der Waals surface area contributed by atoms with Crippen molar-refractivity contribution in [2.75, 3.05) is 27.4 Å². The van der Waals surface area contributed by atoms with E-state index < -0.39 is 5.97 Å². The summed E-state index contributed by atoms with van der Waals surface area (Å²) in [6.45, 7) is 2.52. The number of carbonyl (C=O) groups is 2. The van der Waals surface area contributed by atoms with Gasteiger partial charge in [0.25, 0.3) is 5.91 Å². The molecule has 0 unspecified atom stereocenters. The lowest BCUT2D eigenvalue weighted by atomic mass is 10.0. The molecule has 0 N–H and O–H groups in total. The van der Waals surface area contributed by atoms with Gasteiger partial charge in [-0.05, 0) is 38.3 Å². The molecule has 1 aliphatic rings. The number of carbonyl (C=O) groups excluding carboxylic acids is 2. The summed E-state index contributed by atoms with van der Waals surface area (Å²) in [6.07, 6.45) is 5.99. The summed E-state index contributed by atoms with van der Waals surface area (Å²) < 4.78 is 15.6. The number of amides is 1. The second kappa shape index (κ2) is 9.11. The summed E-state index contributed by atoms with van der Waals surface area (Å²) in [7, 11) is 3.08. The molecule has 136 valence electrons. The molecule has 0 spiro atoms. The van der Waals surface area contributed by atoms with Crippen molar-refractivity contribution in [3.05, 3.63) is 29.8 Å². The summed E-state index contributed by atoms with van der Waals surface area (Å²) in [5, 5.41) is 0. The van der Waals surface area contributed by atoms with Gasteiger partial charge in [0.15, 0.2) is 18.1 Å². The van der Waals surface area contributed by atoms with Crippen LogP contribution in [0.1, 0.15) is 31.7 Å². The van der Waals surface area contributed by atoms with E-state index in [1.807, 2.05) is 6.92 Å². The van der Waals surface area contributed by atoms with Crippen LogP contribution in [-0.4, -0.2) is 50.2 Å². The van der Waals surface area contributed by atoms with Gasteiger partial charge in [-0.3, -0.25) is 4.79 Å². The van der Waals surface area contributed by atoms with Crippen LogP contribution < -0.4 is 9.47 Å². The number of piperidine rings is 1. The summed E-state index contributed by atoms with van der Waals surface area (Å²) in [5.74, 6) is 0.398. The SMILES string of the molecule is COc1cccc(/C=C/C(=O)OCC(=O)N2CCCC[C@H]2C)c1OC. The average Bonchev–Trinajstić information content (AvgIpc) is 2.64. The molecule has 0 saturated carbocycles. The molecular formula is C19H25NO5. The zero-order valence-electron chi connectivity index (χ0n) is 15.0. The minimum atomic E-state index is -0.567. The molecule has 2 rings (SSSR count). The Morgan fingerprint density at radius 1 is 1.24 bits per heavy atom. The molecule has 6 nitrogen and oxygen atoms in total. The molecule has 0 bridgehead atoms. The summed E-state index contributed by atoms with van der Waals surface area (Å²) >= 11 is 0. The fourth-order valence-electron chi connectivity index (χ4n) is 2.93. The van der Waals surface area contributed by atoms with E-state index in [4.69, 9.17) is 14.2 Å². The number of para-hydroxylation sites is 1. The van der Waals surface area contributed by atoms with E-state index in [2.05, 4.69) is 0 Å². The Labute approximate surface area is 148 Å². The first-order valence-corrected chi connectivity index (χ1v) is 8.42. The molecule has 1 saturated heterocycles. The van der Waals surface area contributed by atoms with Crippen LogP contribution in [0.4, 0.5) is 0 Å². The van der Waals surface area contributed by atoms with E-state index in [0.29, 0.717) is 17.1 Å². The van der Waals surface area contributed by atoms with E-state index in [1.165, 1.54) is 13.2 Å². The molecular weight excluding hydrogens is 322 g/mol. The molecule has 1 heterocycles. The van der Waals surface area contributed by atoms with Crippen LogP contribution in [0, 0.1) is 0 Å². The first-order chi connectivity index (χ1) is 12.1. The first-order valence-electron chi connectivity index (χ1n) is 8.42. The van der Waals surface area contributed by atoms with Crippen LogP contribution in [0.25, 0.3) is 6.08 Å². The second-order valence-corrected chi connectivity index (χ2v) is 5.96. The third-order valence-electron chi connectivity index (χ3n) is 4.29. The quantitative estimate of drug-likeness (QED) is 0.585. The van der Waals surface area contributed by atoms with Gasteiger partial charge in [0.1, 0.15) is 0 Å². The lowest BCUT2D eigenvalue weighted by Gasteiger charge is -2.33. The largest absolute Gasteiger partial charge is 0.493 e. The van der Waals surface area contributed by atoms with Crippen molar-refractivity contribution in [1.82, 2.24) is 4.90 Å². The van der Waals surface area contributed by atoms with Crippen LogP contribution in [-0.2, 0) is 14.3 Å². The number of hydrogen-bond acceptors (Lipinski definition) is 5. The monoisotopic (exact) mass is 347 g/mol. The molecule has 0 aliphatic carbocycles. The highest BCUT2D eigenvalue weighted by atomic mass is 16.5. The zero-order valence-corrected chi connectivity index (χ0v) is 15.0. The van der Waals surface area contributed by atoms with Crippen molar-refractivity contribution in [3.8, 4) is 11.5 Å². The standard InChI is InChI=1S/C19H25NO5/c1-14-7-4-5-12-20(14)17(21)13-25-18(22)11-10-15-8-6-9-16(23-2)19(15)24-3/h6,8-11,14H,4-5,7,12-13H2,1-3H3/b11-10+/t14-/m1/s1. The fraction of sp³-hybridized carbons (Fsp3) is 0.474. The van der Waals surface area contributed by atoms with Crippen molar-refractivity contribution in [2.24, 2.45) is 0 Å². The van der Waals surface area contributed by atoms with E-state index >= 15 is 0 Å². The topological polar surface area (TPSA) is 65.1 Å². The van der Waals surface area contributed by atoms with Gasteiger partial charge < -0.3 is 19.1 Å². The molecule has 0 aromatic heterocycles. The lowest BCUT2D eigenvalue weighted by molar-refractivity contribution is -0.149. The molecule has 1 fully saturated rings. The highest BCUT2D eigenvalue weighted by Crippen LogP contribution is 2.31. The van der Waals surface area contributed by atoms with E-state index in [0.717, 1.165) is 25.8 Å². The highest BCUT2D eigenvalue weighted by molar-refractivity contribution is 5.90. The number of benzene rings is 1. The Bertz CT molecular complexity index is 641. The second-order valence-electron chi connectivity index (χ2n) is 5.96. The number of esters is 1. The van der Waals surface area contributed by atoms with Crippen molar-refractivity contribution < 1.29 is 23.8 Å².